The molecule has 0 atom stereocenters. The number of hydrogen-bond donors (Lipinski definition) is 2. The predicted octanol–water partition coefficient (Wildman–Crippen LogP) is 2.19. The van der Waals surface area contributed by atoms with Crippen molar-refractivity contribution in [3.8, 4) is 17.1 Å². The highest BCUT2D eigenvalue weighted by molar-refractivity contribution is 7.90. The minimum absolute atomic E-state index is 0.132. The highest BCUT2D eigenvalue weighted by Crippen LogP contribution is 2.29. The Bertz CT molecular complexity index is 1360. The SMILES string of the molecule is COc1ncc(-c2ccc(C(=O)NS(=O)(=O)c3nccnc3N)c(N3CCC(C)CC3)n2)cc1C. The summed E-state index contributed by atoms with van der Waals surface area (Å²) in [4.78, 5) is 31.8. The lowest BCUT2D eigenvalue weighted by Crippen LogP contribution is -2.37. The number of piperidine rings is 1. The van der Waals surface area contributed by atoms with Crippen LogP contribution in [0.15, 0.2) is 41.8 Å². The first-order chi connectivity index (χ1) is 16.7. The Morgan fingerprint density at radius 2 is 1.89 bits per heavy atom. The second-order valence-electron chi connectivity index (χ2n) is 8.47. The first-order valence-corrected chi connectivity index (χ1v) is 12.6. The van der Waals surface area contributed by atoms with Gasteiger partial charge in [0, 0.05) is 42.8 Å². The Kier molecular flexibility index (Phi) is 6.83. The molecule has 12 heteroatoms. The van der Waals surface area contributed by atoms with Crippen LogP contribution in [0, 0.1) is 12.8 Å². The van der Waals surface area contributed by atoms with E-state index in [1.165, 1.54) is 12.4 Å². The van der Waals surface area contributed by atoms with Crippen molar-refractivity contribution in [1.82, 2.24) is 24.7 Å². The molecule has 0 saturated carbocycles. The van der Waals surface area contributed by atoms with Gasteiger partial charge in [-0.3, -0.25) is 4.79 Å². The molecule has 0 unspecified atom stereocenters. The standard InChI is InChI=1S/C23H27N7O4S/c1-14-6-10-30(11-7-14)20-17(21(31)29-35(32,33)23-19(24)25-8-9-26-23)4-5-18(28-20)16-12-15(2)22(34-3)27-13-16/h4-5,8-9,12-14H,6-7,10-11H2,1-3H3,(H2,24,25)(H,29,31). The molecule has 0 aliphatic carbocycles. The number of sulfonamides is 1. The molecule has 1 saturated heterocycles. The molecule has 3 aromatic heterocycles. The third kappa shape index (κ3) is 5.16. The summed E-state index contributed by atoms with van der Waals surface area (Å²) in [5.74, 6) is 0.354. The van der Waals surface area contributed by atoms with Crippen molar-refractivity contribution in [2.24, 2.45) is 5.92 Å². The van der Waals surface area contributed by atoms with Crippen molar-refractivity contribution in [3.05, 3.63) is 47.9 Å². The topological polar surface area (TPSA) is 153 Å². The molecule has 184 valence electrons. The fourth-order valence-corrected chi connectivity index (χ4v) is 4.91. The number of nitrogens with two attached hydrogens (primary N) is 1. The Morgan fingerprint density at radius 3 is 2.54 bits per heavy atom. The first-order valence-electron chi connectivity index (χ1n) is 11.1. The number of ether oxygens (including phenoxy) is 1. The maximum Gasteiger partial charge on any atom is 0.285 e. The van der Waals surface area contributed by atoms with Crippen LogP contribution in [-0.2, 0) is 10.0 Å². The van der Waals surface area contributed by atoms with Crippen LogP contribution in [0.3, 0.4) is 0 Å². The molecule has 11 nitrogen and oxygen atoms in total. The molecule has 0 radical (unpaired) electrons. The average molecular weight is 498 g/mol. The van der Waals surface area contributed by atoms with Crippen molar-refractivity contribution in [1.29, 1.82) is 0 Å². The molecule has 35 heavy (non-hydrogen) atoms. The molecule has 0 spiro atoms. The monoisotopic (exact) mass is 497 g/mol. The minimum Gasteiger partial charge on any atom is -0.481 e. The molecule has 1 aliphatic heterocycles. The summed E-state index contributed by atoms with van der Waals surface area (Å²) in [5, 5.41) is -0.508. The zero-order valence-corrected chi connectivity index (χ0v) is 20.5. The number of carbonyl (C=O) groups is 1. The molecule has 1 fully saturated rings. The maximum atomic E-state index is 13.2. The van der Waals surface area contributed by atoms with Crippen molar-refractivity contribution >= 4 is 27.6 Å². The van der Waals surface area contributed by atoms with Crippen LogP contribution in [0.25, 0.3) is 11.3 Å². The number of pyridine rings is 2. The summed E-state index contributed by atoms with van der Waals surface area (Å²) in [5.41, 5.74) is 7.99. The van der Waals surface area contributed by atoms with Crippen LogP contribution in [0.5, 0.6) is 5.88 Å². The van der Waals surface area contributed by atoms with Gasteiger partial charge in [0.15, 0.2) is 5.82 Å². The van der Waals surface area contributed by atoms with Gasteiger partial charge in [-0.05, 0) is 43.9 Å². The summed E-state index contributed by atoms with van der Waals surface area (Å²) >= 11 is 0. The lowest BCUT2D eigenvalue weighted by atomic mass is 9.98. The molecule has 0 bridgehead atoms. The number of methoxy groups -OCH3 is 1. The van der Waals surface area contributed by atoms with E-state index in [0.717, 1.165) is 24.0 Å². The molecule has 1 aliphatic rings. The number of aryl methyl sites for hydroxylation is 1. The number of rotatable bonds is 6. The fraction of sp³-hybridized carbons (Fsp3) is 0.348. The smallest absolute Gasteiger partial charge is 0.285 e. The lowest BCUT2D eigenvalue weighted by Gasteiger charge is -2.32. The number of nitrogens with zero attached hydrogens (tertiary/aromatic N) is 5. The van der Waals surface area contributed by atoms with Gasteiger partial charge in [-0.15, -0.1) is 0 Å². The minimum atomic E-state index is -4.34. The zero-order valence-electron chi connectivity index (χ0n) is 19.7. The third-order valence-electron chi connectivity index (χ3n) is 5.90. The van der Waals surface area contributed by atoms with Crippen molar-refractivity contribution < 1.29 is 17.9 Å². The van der Waals surface area contributed by atoms with Crippen LogP contribution in [0.2, 0.25) is 0 Å². The number of nitrogens with one attached hydrogen (secondary N) is 1. The molecule has 0 aromatic carbocycles. The van der Waals surface area contributed by atoms with E-state index in [-0.39, 0.29) is 11.4 Å². The summed E-state index contributed by atoms with van der Waals surface area (Å²) in [6.45, 7) is 5.45. The molecule has 1 amide bonds. The molecule has 4 rings (SSSR count). The normalized spacial score (nSPS) is 14.5. The van der Waals surface area contributed by atoms with Crippen molar-refractivity contribution in [2.45, 2.75) is 31.7 Å². The number of hydrogen-bond acceptors (Lipinski definition) is 10. The second kappa shape index (κ2) is 9.82. The maximum absolute atomic E-state index is 13.2. The summed E-state index contributed by atoms with van der Waals surface area (Å²) in [6, 6.07) is 5.13. The number of amides is 1. The summed E-state index contributed by atoms with van der Waals surface area (Å²) in [7, 11) is -2.78. The lowest BCUT2D eigenvalue weighted by molar-refractivity contribution is 0.0981. The van der Waals surface area contributed by atoms with Crippen LogP contribution in [0.1, 0.15) is 35.7 Å². The van der Waals surface area contributed by atoms with Gasteiger partial charge in [-0.25, -0.2) is 24.7 Å². The Morgan fingerprint density at radius 1 is 1.17 bits per heavy atom. The van der Waals surface area contributed by atoms with Gasteiger partial charge in [0.1, 0.15) is 5.82 Å². The number of nitrogen functional groups attached to an aromatic ring is 1. The van der Waals surface area contributed by atoms with Gasteiger partial charge in [0.05, 0.1) is 18.4 Å². The summed E-state index contributed by atoms with van der Waals surface area (Å²) in [6.07, 6.45) is 5.98. The van der Waals surface area contributed by atoms with E-state index in [1.54, 1.807) is 25.4 Å². The third-order valence-corrected chi connectivity index (χ3v) is 7.17. The Hall–Kier alpha value is -3.80. The molecular formula is C23H27N7O4S. The van der Waals surface area contributed by atoms with Crippen LogP contribution < -0.4 is 20.1 Å². The van der Waals surface area contributed by atoms with Gasteiger partial charge < -0.3 is 15.4 Å². The predicted molar refractivity (Wildman–Crippen MR) is 130 cm³/mol. The molecular weight excluding hydrogens is 470 g/mol. The first kappa shape index (κ1) is 24.3. The van der Waals surface area contributed by atoms with E-state index in [1.807, 2.05) is 17.9 Å². The summed E-state index contributed by atoms with van der Waals surface area (Å²) < 4.78 is 32.9. The van der Waals surface area contributed by atoms with E-state index in [2.05, 4.69) is 26.6 Å². The quantitative estimate of drug-likeness (QED) is 0.518. The number of anilines is 2. The van der Waals surface area contributed by atoms with Crippen LogP contribution in [0.4, 0.5) is 11.6 Å². The zero-order chi connectivity index (χ0) is 25.2. The second-order valence-corrected chi connectivity index (χ2v) is 10.1. The Labute approximate surface area is 203 Å². The van der Waals surface area contributed by atoms with E-state index in [4.69, 9.17) is 15.5 Å². The van der Waals surface area contributed by atoms with Gasteiger partial charge in [0.2, 0.25) is 10.9 Å². The van der Waals surface area contributed by atoms with E-state index in [9.17, 15) is 13.2 Å². The van der Waals surface area contributed by atoms with E-state index >= 15 is 0 Å². The van der Waals surface area contributed by atoms with Gasteiger partial charge >= 0.3 is 0 Å². The van der Waals surface area contributed by atoms with E-state index < -0.39 is 21.0 Å². The number of aromatic nitrogens is 4. The van der Waals surface area contributed by atoms with Crippen molar-refractivity contribution in [2.75, 3.05) is 30.8 Å². The fourth-order valence-electron chi connectivity index (χ4n) is 3.93. The van der Waals surface area contributed by atoms with Crippen molar-refractivity contribution in [3.63, 3.8) is 0 Å². The van der Waals surface area contributed by atoms with Crippen LogP contribution >= 0.6 is 0 Å². The Balaban J connectivity index is 1.72. The van der Waals surface area contributed by atoms with Gasteiger partial charge in [-0.2, -0.15) is 8.42 Å². The van der Waals surface area contributed by atoms with Gasteiger partial charge in [-0.1, -0.05) is 6.92 Å². The number of carbonyl (C=O) groups excluding carboxylic acids is 1. The van der Waals surface area contributed by atoms with Gasteiger partial charge in [0.25, 0.3) is 15.9 Å². The average Bonchev–Trinajstić information content (AvgIpc) is 2.84. The molecule has 3 aromatic rings. The molecule has 3 N–H and O–H groups in total. The largest absolute Gasteiger partial charge is 0.481 e. The van der Waals surface area contributed by atoms with Crippen LogP contribution in [-0.4, -0.2) is 54.5 Å². The van der Waals surface area contributed by atoms with E-state index in [0.29, 0.717) is 36.4 Å². The highest BCUT2D eigenvalue weighted by Gasteiger charge is 2.28. The highest BCUT2D eigenvalue weighted by atomic mass is 32.2. The molecule has 4 heterocycles.